The highest BCUT2D eigenvalue weighted by Gasteiger charge is 2.24. The Kier molecular flexibility index (Phi) is 13.6. The average Bonchev–Trinajstić information content (AvgIpc) is 3.02. The predicted molar refractivity (Wildman–Crippen MR) is 176 cm³/mol. The van der Waals surface area contributed by atoms with Gasteiger partial charge in [-0.05, 0) is 65.3 Å². The molecule has 3 aromatic rings. The van der Waals surface area contributed by atoms with Crippen molar-refractivity contribution in [3.05, 3.63) is 107 Å². The Labute approximate surface area is 266 Å². The predicted octanol–water partition coefficient (Wildman–Crippen LogP) is 7.14. The zero-order valence-electron chi connectivity index (χ0n) is 26.0. The lowest BCUT2D eigenvalue weighted by Gasteiger charge is -2.26. The summed E-state index contributed by atoms with van der Waals surface area (Å²) in [6, 6.07) is 24.3. The molecule has 0 bridgehead atoms. The molecule has 0 spiro atoms. The summed E-state index contributed by atoms with van der Waals surface area (Å²) in [6.07, 6.45) is 2.18. The summed E-state index contributed by atoms with van der Waals surface area (Å²) in [4.78, 5) is 13.0. The van der Waals surface area contributed by atoms with Crippen LogP contribution in [0.3, 0.4) is 0 Å². The van der Waals surface area contributed by atoms with Crippen LogP contribution >= 0.6 is 11.8 Å². The number of hydrogen-bond acceptors (Lipinski definition) is 8. The molecule has 0 saturated carbocycles. The van der Waals surface area contributed by atoms with Crippen LogP contribution in [0, 0.1) is 5.41 Å². The minimum atomic E-state index is -3.99. The molecule has 10 heteroatoms. The minimum absolute atomic E-state index is 0.0317. The number of benzene rings is 3. The van der Waals surface area contributed by atoms with E-state index in [9.17, 15) is 13.2 Å². The fourth-order valence-corrected chi connectivity index (χ4v) is 6.25. The molecule has 2 atom stereocenters. The molecule has 238 valence electrons. The molecule has 1 N–H and O–H groups in total. The molecule has 3 rings (SSSR count). The van der Waals surface area contributed by atoms with E-state index >= 15 is 0 Å². The molecular formula is C34H43NO7S2. The van der Waals surface area contributed by atoms with Crippen LogP contribution in [0.5, 0.6) is 11.5 Å². The molecule has 44 heavy (non-hydrogen) atoms. The van der Waals surface area contributed by atoms with E-state index in [1.165, 1.54) is 6.08 Å². The van der Waals surface area contributed by atoms with Crippen molar-refractivity contribution in [3.63, 3.8) is 0 Å². The highest BCUT2D eigenvalue weighted by Crippen LogP contribution is 2.27. The summed E-state index contributed by atoms with van der Waals surface area (Å²) in [5.74, 6) is 2.16. The zero-order valence-corrected chi connectivity index (χ0v) is 27.7. The van der Waals surface area contributed by atoms with Crippen LogP contribution in [0.2, 0.25) is 0 Å². The van der Waals surface area contributed by atoms with Crippen molar-refractivity contribution in [2.45, 2.75) is 57.3 Å². The van der Waals surface area contributed by atoms with Crippen molar-refractivity contribution < 1.29 is 31.6 Å². The third kappa shape index (κ3) is 13.0. The van der Waals surface area contributed by atoms with Gasteiger partial charge in [0.15, 0.2) is 0 Å². The van der Waals surface area contributed by atoms with E-state index < -0.39 is 22.3 Å². The number of alkyl carbamates (subject to hydrolysis) is 1. The van der Waals surface area contributed by atoms with E-state index in [1.807, 2.05) is 99.6 Å². The van der Waals surface area contributed by atoms with Crippen LogP contribution in [-0.2, 0) is 37.8 Å². The van der Waals surface area contributed by atoms with Gasteiger partial charge in [-0.15, -0.1) is 0 Å². The maximum atomic E-state index is 13.0. The second-order valence-corrected chi connectivity index (χ2v) is 14.2. The first-order valence-electron chi connectivity index (χ1n) is 14.4. The fourth-order valence-electron chi connectivity index (χ4n) is 4.04. The Morgan fingerprint density at radius 2 is 1.45 bits per heavy atom. The topological polar surface area (TPSA) is 100 Å². The normalized spacial score (nSPS) is 13.3. The molecule has 0 aliphatic rings. The Morgan fingerprint density at radius 1 is 0.864 bits per heavy atom. The van der Waals surface area contributed by atoms with Crippen LogP contribution in [0.1, 0.15) is 43.9 Å². The Bertz CT molecular complexity index is 1370. The van der Waals surface area contributed by atoms with Gasteiger partial charge in [0, 0.05) is 11.0 Å². The highest BCUT2D eigenvalue weighted by atomic mass is 32.2. The van der Waals surface area contributed by atoms with E-state index in [0.717, 1.165) is 33.6 Å². The second-order valence-electron chi connectivity index (χ2n) is 11.5. The van der Waals surface area contributed by atoms with Gasteiger partial charge in [0.1, 0.15) is 18.1 Å². The number of ether oxygens (including phenoxy) is 3. The van der Waals surface area contributed by atoms with Crippen LogP contribution < -0.4 is 14.8 Å². The number of hydrogen-bond donors (Lipinski definition) is 1. The van der Waals surface area contributed by atoms with Gasteiger partial charge < -0.3 is 19.5 Å². The van der Waals surface area contributed by atoms with Gasteiger partial charge in [0.05, 0.1) is 32.3 Å². The van der Waals surface area contributed by atoms with Gasteiger partial charge in [-0.3, -0.25) is 4.18 Å². The number of methoxy groups -OCH3 is 2. The van der Waals surface area contributed by atoms with E-state index in [0.29, 0.717) is 18.6 Å². The summed E-state index contributed by atoms with van der Waals surface area (Å²) in [7, 11) is -0.746. The van der Waals surface area contributed by atoms with Crippen molar-refractivity contribution in [2.24, 2.45) is 5.41 Å². The van der Waals surface area contributed by atoms with E-state index in [1.54, 1.807) is 26.0 Å². The molecule has 1 amide bonds. The standard InChI is InChI=1S/C34H43NO7S2/c1-34(2,3)25-42-44(37,38)22-21-31(35-33(36)41-23-27-9-7-6-8-10-27)32(20-15-26-11-16-29(39-4)17-12-26)43-24-28-13-18-30(40-5)19-14-28/h6-14,16-19,21-22,31-32H,15,20,23-25H2,1-5H3,(H,35,36). The number of aryl methyl sites for hydroxylation is 1. The molecule has 0 radical (unpaired) electrons. The summed E-state index contributed by atoms with van der Waals surface area (Å²) >= 11 is 1.63. The maximum Gasteiger partial charge on any atom is 0.407 e. The molecule has 3 aromatic carbocycles. The number of amides is 1. The largest absolute Gasteiger partial charge is 0.497 e. The molecule has 0 aromatic heterocycles. The van der Waals surface area contributed by atoms with Crippen molar-refractivity contribution in [3.8, 4) is 11.5 Å². The van der Waals surface area contributed by atoms with Crippen LogP contribution in [0.4, 0.5) is 4.79 Å². The Morgan fingerprint density at radius 3 is 2.02 bits per heavy atom. The number of nitrogens with one attached hydrogen (secondary N) is 1. The van der Waals surface area contributed by atoms with Crippen molar-refractivity contribution >= 4 is 28.0 Å². The summed E-state index contributed by atoms with van der Waals surface area (Å²) in [5.41, 5.74) is 2.67. The van der Waals surface area contributed by atoms with E-state index in [4.69, 9.17) is 18.4 Å². The van der Waals surface area contributed by atoms with Gasteiger partial charge in [-0.1, -0.05) is 75.4 Å². The maximum absolute atomic E-state index is 13.0. The fraction of sp³-hybridized carbons (Fsp3) is 0.382. The molecule has 0 saturated heterocycles. The Balaban J connectivity index is 1.84. The van der Waals surface area contributed by atoms with E-state index in [2.05, 4.69) is 5.32 Å². The SMILES string of the molecule is COc1ccc(CCC(SCc2ccc(OC)cc2)C(C=CS(=O)(=O)OCC(C)(C)C)NC(=O)OCc2ccccc2)cc1. The Hall–Kier alpha value is -3.47. The molecule has 0 fully saturated rings. The third-order valence-electron chi connectivity index (χ3n) is 6.51. The zero-order chi connectivity index (χ0) is 32.0. The van der Waals surface area contributed by atoms with Crippen LogP contribution in [-0.4, -0.2) is 46.6 Å². The highest BCUT2D eigenvalue weighted by molar-refractivity contribution is 7.99. The van der Waals surface area contributed by atoms with E-state index in [-0.39, 0.29) is 23.9 Å². The van der Waals surface area contributed by atoms with Crippen LogP contribution in [0.15, 0.2) is 90.3 Å². The van der Waals surface area contributed by atoms with Gasteiger partial charge in [-0.2, -0.15) is 20.2 Å². The lowest BCUT2D eigenvalue weighted by molar-refractivity contribution is 0.137. The number of rotatable bonds is 16. The average molecular weight is 642 g/mol. The summed E-state index contributed by atoms with van der Waals surface area (Å²) < 4.78 is 46.9. The molecule has 0 aliphatic heterocycles. The molecule has 0 heterocycles. The lowest BCUT2D eigenvalue weighted by atomic mass is 9.99. The molecule has 8 nitrogen and oxygen atoms in total. The molecule has 0 aliphatic carbocycles. The first-order valence-corrected chi connectivity index (χ1v) is 16.9. The monoisotopic (exact) mass is 641 g/mol. The summed E-state index contributed by atoms with van der Waals surface area (Å²) in [6.45, 7) is 5.80. The smallest absolute Gasteiger partial charge is 0.407 e. The third-order valence-corrected chi connectivity index (χ3v) is 8.90. The number of carbonyl (C=O) groups is 1. The quantitative estimate of drug-likeness (QED) is 0.165. The molecular weight excluding hydrogens is 599 g/mol. The second kappa shape index (κ2) is 17.1. The van der Waals surface area contributed by atoms with Gasteiger partial charge in [0.25, 0.3) is 10.1 Å². The number of thioether (sulfide) groups is 1. The lowest BCUT2D eigenvalue weighted by Crippen LogP contribution is -2.41. The molecule has 2 unspecified atom stereocenters. The van der Waals surface area contributed by atoms with Crippen molar-refractivity contribution in [1.29, 1.82) is 0 Å². The van der Waals surface area contributed by atoms with Crippen molar-refractivity contribution in [1.82, 2.24) is 5.32 Å². The van der Waals surface area contributed by atoms with Crippen molar-refractivity contribution in [2.75, 3.05) is 20.8 Å². The number of carbonyl (C=O) groups excluding carboxylic acids is 1. The van der Waals surface area contributed by atoms with Crippen LogP contribution in [0.25, 0.3) is 0 Å². The van der Waals surface area contributed by atoms with Gasteiger partial charge in [0.2, 0.25) is 0 Å². The van der Waals surface area contributed by atoms with Gasteiger partial charge >= 0.3 is 6.09 Å². The van der Waals surface area contributed by atoms with Gasteiger partial charge in [-0.25, -0.2) is 4.79 Å². The minimum Gasteiger partial charge on any atom is -0.497 e. The first-order chi connectivity index (χ1) is 21.0. The summed E-state index contributed by atoms with van der Waals surface area (Å²) in [5, 5.41) is 3.74. The first kappa shape index (κ1) is 35.0.